The molecule has 3 nitrogen and oxygen atoms in total. The van der Waals surface area contributed by atoms with E-state index in [1.807, 2.05) is 18.3 Å². The van der Waals surface area contributed by atoms with E-state index < -0.39 is 5.60 Å². The number of benzene rings is 1. The number of hydrogen-bond donors (Lipinski definition) is 1. The summed E-state index contributed by atoms with van der Waals surface area (Å²) >= 11 is 0. The third kappa shape index (κ3) is 2.77. The summed E-state index contributed by atoms with van der Waals surface area (Å²) in [4.78, 5) is 6.91. The van der Waals surface area contributed by atoms with Crippen LogP contribution in [0.3, 0.4) is 0 Å². The number of nitrogens with zero attached hydrogens (tertiary/aromatic N) is 2. The van der Waals surface area contributed by atoms with Gasteiger partial charge in [0, 0.05) is 24.8 Å². The van der Waals surface area contributed by atoms with Crippen LogP contribution < -0.4 is 0 Å². The van der Waals surface area contributed by atoms with Crippen LogP contribution in [0.1, 0.15) is 36.9 Å². The van der Waals surface area contributed by atoms with Crippen LogP contribution in [0.2, 0.25) is 0 Å². The molecule has 0 aliphatic carbocycles. The van der Waals surface area contributed by atoms with Crippen LogP contribution in [0.15, 0.2) is 48.7 Å². The van der Waals surface area contributed by atoms with E-state index in [1.165, 1.54) is 12.1 Å². The highest BCUT2D eigenvalue weighted by atomic mass is 19.1. The summed E-state index contributed by atoms with van der Waals surface area (Å²) in [5.41, 5.74) is 1.09. The van der Waals surface area contributed by atoms with Crippen LogP contribution in [-0.2, 0) is 12.1 Å². The summed E-state index contributed by atoms with van der Waals surface area (Å²) in [6.45, 7) is 0.843. The monoisotopic (exact) mass is 312 g/mol. The molecule has 4 rings (SSSR count). The van der Waals surface area contributed by atoms with Gasteiger partial charge < -0.3 is 5.11 Å². The second kappa shape index (κ2) is 5.69. The molecule has 2 saturated heterocycles. The lowest BCUT2D eigenvalue weighted by Crippen LogP contribution is -2.49. The Morgan fingerprint density at radius 2 is 1.78 bits per heavy atom. The van der Waals surface area contributed by atoms with Crippen molar-refractivity contribution in [1.82, 2.24) is 9.88 Å². The molecule has 3 heterocycles. The van der Waals surface area contributed by atoms with Gasteiger partial charge >= 0.3 is 0 Å². The number of pyridine rings is 1. The molecule has 0 radical (unpaired) electrons. The van der Waals surface area contributed by atoms with Gasteiger partial charge in [0.15, 0.2) is 0 Å². The minimum absolute atomic E-state index is 0.257. The molecule has 120 valence electrons. The average molecular weight is 312 g/mol. The van der Waals surface area contributed by atoms with Gasteiger partial charge in [-0.3, -0.25) is 9.88 Å². The zero-order valence-corrected chi connectivity index (χ0v) is 13.0. The predicted octanol–water partition coefficient (Wildman–Crippen LogP) is 3.24. The largest absolute Gasteiger partial charge is 0.385 e. The van der Waals surface area contributed by atoms with Gasteiger partial charge in [0.05, 0.1) is 11.3 Å². The van der Waals surface area contributed by atoms with Crippen molar-refractivity contribution in [3.05, 3.63) is 65.7 Å². The summed E-state index contributed by atoms with van der Waals surface area (Å²) < 4.78 is 13.2. The fraction of sp³-hybridized carbons (Fsp3) is 0.421. The Labute approximate surface area is 135 Å². The maximum Gasteiger partial charge on any atom is 0.123 e. The molecule has 2 atom stereocenters. The molecule has 0 amide bonds. The van der Waals surface area contributed by atoms with Gasteiger partial charge in [-0.1, -0.05) is 18.2 Å². The molecule has 0 saturated carbocycles. The highest BCUT2D eigenvalue weighted by Gasteiger charge is 2.48. The Morgan fingerprint density at radius 3 is 2.39 bits per heavy atom. The van der Waals surface area contributed by atoms with Gasteiger partial charge in [-0.2, -0.15) is 0 Å². The molecule has 2 aliphatic heterocycles. The van der Waals surface area contributed by atoms with Crippen molar-refractivity contribution in [2.45, 2.75) is 49.9 Å². The second-order valence-corrected chi connectivity index (χ2v) is 6.83. The maximum atomic E-state index is 13.2. The molecule has 2 bridgehead atoms. The van der Waals surface area contributed by atoms with Crippen molar-refractivity contribution in [3.8, 4) is 0 Å². The molecule has 1 aromatic carbocycles. The van der Waals surface area contributed by atoms with Crippen molar-refractivity contribution in [2.75, 3.05) is 0 Å². The first-order chi connectivity index (χ1) is 11.1. The Hall–Kier alpha value is -1.78. The van der Waals surface area contributed by atoms with Gasteiger partial charge in [-0.15, -0.1) is 0 Å². The van der Waals surface area contributed by atoms with E-state index >= 15 is 0 Å². The maximum absolute atomic E-state index is 13.2. The molecule has 4 heteroatoms. The molecule has 23 heavy (non-hydrogen) atoms. The summed E-state index contributed by atoms with van der Waals surface area (Å²) in [6.07, 6.45) is 5.47. The highest BCUT2D eigenvalue weighted by molar-refractivity contribution is 5.25. The third-order valence-corrected chi connectivity index (χ3v) is 5.37. The smallest absolute Gasteiger partial charge is 0.123 e. The molecule has 2 unspecified atom stereocenters. The van der Waals surface area contributed by atoms with Crippen LogP contribution >= 0.6 is 0 Å². The fourth-order valence-corrected chi connectivity index (χ4v) is 4.25. The van der Waals surface area contributed by atoms with Crippen molar-refractivity contribution < 1.29 is 9.50 Å². The Morgan fingerprint density at radius 1 is 1.09 bits per heavy atom. The summed E-state index contributed by atoms with van der Waals surface area (Å²) in [5.74, 6) is -0.257. The molecule has 1 N–H and O–H groups in total. The van der Waals surface area contributed by atoms with Gasteiger partial charge in [0.25, 0.3) is 0 Å². The summed E-state index contributed by atoms with van der Waals surface area (Å²) in [7, 11) is 0. The number of halogens is 1. The molecule has 0 spiro atoms. The van der Waals surface area contributed by atoms with E-state index in [2.05, 4.69) is 16.0 Å². The third-order valence-electron chi connectivity index (χ3n) is 5.37. The number of fused-ring (bicyclic) bond motifs is 2. The first-order valence-corrected chi connectivity index (χ1v) is 8.28. The molecule has 1 aromatic heterocycles. The van der Waals surface area contributed by atoms with E-state index in [0.29, 0.717) is 24.9 Å². The standard InChI is InChI=1S/C19H21FN2O/c20-15-6-4-14(5-7-15)19(23)11-17-8-9-18(12-19)22(17)13-16-3-1-2-10-21-16/h1-7,10,17-18,23H,8-9,11-13H2. The minimum atomic E-state index is -0.833. The first kappa shape index (κ1) is 14.8. The van der Waals surface area contributed by atoms with Crippen molar-refractivity contribution >= 4 is 0 Å². The zero-order chi connectivity index (χ0) is 15.9. The van der Waals surface area contributed by atoms with E-state index in [-0.39, 0.29) is 5.82 Å². The van der Waals surface area contributed by atoms with Gasteiger partial charge in [0.2, 0.25) is 0 Å². The Bertz CT molecular complexity index is 660. The molecular weight excluding hydrogens is 291 g/mol. The Balaban J connectivity index is 1.54. The topological polar surface area (TPSA) is 36.4 Å². The summed E-state index contributed by atoms with van der Waals surface area (Å²) in [6, 6.07) is 13.1. The van der Waals surface area contributed by atoms with Gasteiger partial charge in [-0.05, 0) is 55.5 Å². The predicted molar refractivity (Wildman–Crippen MR) is 86.1 cm³/mol. The van der Waals surface area contributed by atoms with E-state index in [4.69, 9.17) is 0 Å². The minimum Gasteiger partial charge on any atom is -0.385 e. The molecular formula is C19H21FN2O. The fourth-order valence-electron chi connectivity index (χ4n) is 4.25. The lowest BCUT2D eigenvalue weighted by Gasteiger charge is -2.44. The first-order valence-electron chi connectivity index (χ1n) is 8.28. The van der Waals surface area contributed by atoms with Crippen molar-refractivity contribution in [2.24, 2.45) is 0 Å². The molecule has 2 aromatic rings. The Kier molecular flexibility index (Phi) is 3.66. The van der Waals surface area contributed by atoms with E-state index in [9.17, 15) is 9.50 Å². The van der Waals surface area contributed by atoms with E-state index in [0.717, 1.165) is 30.6 Å². The van der Waals surface area contributed by atoms with Crippen LogP contribution in [0.25, 0.3) is 0 Å². The van der Waals surface area contributed by atoms with Crippen LogP contribution in [-0.4, -0.2) is 27.1 Å². The second-order valence-electron chi connectivity index (χ2n) is 6.83. The van der Waals surface area contributed by atoms with Crippen LogP contribution in [0, 0.1) is 5.82 Å². The molecule has 2 fully saturated rings. The van der Waals surface area contributed by atoms with Gasteiger partial charge in [0.1, 0.15) is 5.82 Å². The number of piperidine rings is 1. The van der Waals surface area contributed by atoms with Crippen LogP contribution in [0.4, 0.5) is 4.39 Å². The van der Waals surface area contributed by atoms with Gasteiger partial charge in [-0.25, -0.2) is 4.39 Å². The lowest BCUT2D eigenvalue weighted by molar-refractivity contribution is -0.0598. The van der Waals surface area contributed by atoms with Crippen LogP contribution in [0.5, 0.6) is 0 Å². The number of aromatic nitrogens is 1. The highest BCUT2D eigenvalue weighted by Crippen LogP contribution is 2.46. The molecule has 2 aliphatic rings. The van der Waals surface area contributed by atoms with E-state index in [1.54, 1.807) is 12.1 Å². The normalized spacial score (nSPS) is 30.5. The number of aliphatic hydroxyl groups is 1. The zero-order valence-electron chi connectivity index (χ0n) is 13.0. The van der Waals surface area contributed by atoms with Crippen molar-refractivity contribution in [3.63, 3.8) is 0 Å². The van der Waals surface area contributed by atoms with Crippen molar-refractivity contribution in [1.29, 1.82) is 0 Å². The SMILES string of the molecule is OC1(c2ccc(F)cc2)CC2CCC(C1)N2Cc1ccccn1. The number of rotatable bonds is 3. The average Bonchev–Trinajstić information content (AvgIpc) is 2.80. The number of hydrogen-bond acceptors (Lipinski definition) is 3. The lowest BCUT2D eigenvalue weighted by atomic mass is 9.80. The quantitative estimate of drug-likeness (QED) is 0.945. The summed E-state index contributed by atoms with van der Waals surface area (Å²) in [5, 5.41) is 11.1.